The minimum atomic E-state index is -0.597. The summed E-state index contributed by atoms with van der Waals surface area (Å²) in [5.74, 6) is -0.368. The average Bonchev–Trinajstić information content (AvgIpc) is 3.12. The molecule has 1 amide bonds. The van der Waals surface area contributed by atoms with E-state index in [1.165, 1.54) is 57.7 Å². The van der Waals surface area contributed by atoms with Crippen LogP contribution in [0.4, 0.5) is 0 Å². The Bertz CT molecular complexity index is 596. The lowest BCUT2D eigenvalue weighted by Crippen LogP contribution is -2.54. The second-order valence-corrected chi connectivity index (χ2v) is 7.83. The number of nitrogens with two attached hydrogens (primary N) is 1. The standard InChI is InChI=1S/C21H37N5O4/c1-2-3-4-5-6-7-8-9-10-11-12-17(27)30-14-13-29-16-26-15-23-18-19(26)24-21(22)25-20(18)28/h15,18-19H,2-14,16H2,1H3,(H3,22,24,25,28). The first kappa shape index (κ1) is 24.1. The fraction of sp³-hybridized carbons (Fsp3) is 0.810. The summed E-state index contributed by atoms with van der Waals surface area (Å²) in [6.45, 7) is 2.92. The van der Waals surface area contributed by atoms with Crippen molar-refractivity contribution in [3.63, 3.8) is 0 Å². The molecule has 2 aliphatic rings. The highest BCUT2D eigenvalue weighted by Crippen LogP contribution is 2.17. The predicted octanol–water partition coefficient (Wildman–Crippen LogP) is 2.30. The Balaban J connectivity index is 1.41. The van der Waals surface area contributed by atoms with Crippen LogP contribution >= 0.6 is 0 Å². The lowest BCUT2D eigenvalue weighted by molar-refractivity contribution is -0.145. The van der Waals surface area contributed by atoms with E-state index in [0.29, 0.717) is 6.42 Å². The van der Waals surface area contributed by atoms with Gasteiger partial charge in [-0.05, 0) is 6.42 Å². The number of hydrogen-bond acceptors (Lipinski definition) is 8. The van der Waals surface area contributed by atoms with E-state index in [0.717, 1.165) is 12.8 Å². The largest absolute Gasteiger partial charge is 0.463 e. The third kappa shape index (κ3) is 8.69. The van der Waals surface area contributed by atoms with Gasteiger partial charge < -0.3 is 20.1 Å². The minimum absolute atomic E-state index is 0.0812. The van der Waals surface area contributed by atoms with Crippen molar-refractivity contribution < 1.29 is 19.1 Å². The number of nitrogens with zero attached hydrogens (tertiary/aromatic N) is 3. The van der Waals surface area contributed by atoms with Crippen LogP contribution in [0.1, 0.15) is 77.6 Å². The molecule has 0 saturated carbocycles. The molecule has 9 nitrogen and oxygen atoms in total. The lowest BCUT2D eigenvalue weighted by atomic mass is 10.1. The fourth-order valence-corrected chi connectivity index (χ4v) is 3.53. The summed E-state index contributed by atoms with van der Waals surface area (Å²) in [5, 5.41) is 2.45. The summed E-state index contributed by atoms with van der Waals surface area (Å²) < 4.78 is 10.7. The first-order valence-electron chi connectivity index (χ1n) is 11.3. The number of carbonyl (C=O) groups is 2. The molecule has 2 atom stereocenters. The molecule has 0 aromatic heterocycles. The molecule has 0 radical (unpaired) electrons. The van der Waals surface area contributed by atoms with E-state index in [2.05, 4.69) is 22.2 Å². The summed E-state index contributed by atoms with van der Waals surface area (Å²) in [4.78, 5) is 33.5. The fourth-order valence-electron chi connectivity index (χ4n) is 3.53. The van der Waals surface area contributed by atoms with Gasteiger partial charge in [-0.2, -0.15) is 0 Å². The first-order chi connectivity index (χ1) is 14.6. The minimum Gasteiger partial charge on any atom is -0.463 e. The summed E-state index contributed by atoms with van der Waals surface area (Å²) in [5.41, 5.74) is 5.59. The van der Waals surface area contributed by atoms with Gasteiger partial charge in [0.15, 0.2) is 18.2 Å². The van der Waals surface area contributed by atoms with Crippen molar-refractivity contribution >= 4 is 24.2 Å². The molecule has 0 aromatic carbocycles. The van der Waals surface area contributed by atoms with Crippen LogP contribution in [-0.4, -0.2) is 61.2 Å². The molecular formula is C21H37N5O4. The molecule has 0 spiro atoms. The van der Waals surface area contributed by atoms with E-state index in [1.807, 2.05) is 0 Å². The normalized spacial score (nSPS) is 20.1. The molecule has 2 heterocycles. The molecule has 0 fully saturated rings. The molecule has 2 rings (SSSR count). The molecule has 0 aromatic rings. The maximum Gasteiger partial charge on any atom is 0.305 e. The van der Waals surface area contributed by atoms with Crippen LogP contribution in [0.15, 0.2) is 9.98 Å². The molecule has 2 aliphatic heterocycles. The summed E-state index contributed by atoms with van der Waals surface area (Å²) >= 11 is 0. The molecule has 3 N–H and O–H groups in total. The number of esters is 1. The maximum absolute atomic E-state index is 11.8. The van der Waals surface area contributed by atoms with E-state index in [-0.39, 0.29) is 37.8 Å². The molecule has 170 valence electrons. The van der Waals surface area contributed by atoms with Gasteiger partial charge in [-0.3, -0.25) is 19.9 Å². The summed E-state index contributed by atoms with van der Waals surface area (Å²) in [6, 6.07) is -0.597. The SMILES string of the molecule is CCCCCCCCCCCCC(=O)OCCOCN1C=NC2C(=O)NC(N)=NC21. The zero-order valence-electron chi connectivity index (χ0n) is 18.2. The van der Waals surface area contributed by atoms with Crippen molar-refractivity contribution in [2.75, 3.05) is 19.9 Å². The Labute approximate surface area is 179 Å². The maximum atomic E-state index is 11.8. The van der Waals surface area contributed by atoms with Gasteiger partial charge in [0.25, 0.3) is 5.91 Å². The van der Waals surface area contributed by atoms with E-state index in [9.17, 15) is 9.59 Å². The predicted molar refractivity (Wildman–Crippen MR) is 116 cm³/mol. The van der Waals surface area contributed by atoms with Gasteiger partial charge in [-0.25, -0.2) is 4.99 Å². The number of aliphatic imine (C=N–C) groups is 2. The Hall–Kier alpha value is -2.16. The molecule has 0 bridgehead atoms. The topological polar surface area (TPSA) is 119 Å². The van der Waals surface area contributed by atoms with Gasteiger partial charge in [0, 0.05) is 6.42 Å². The Morgan fingerprint density at radius 3 is 2.47 bits per heavy atom. The first-order valence-corrected chi connectivity index (χ1v) is 11.3. The molecule has 9 heteroatoms. The highest BCUT2D eigenvalue weighted by atomic mass is 16.6. The van der Waals surface area contributed by atoms with Crippen LogP contribution in [0.2, 0.25) is 0 Å². The summed E-state index contributed by atoms with van der Waals surface area (Å²) in [6.07, 6.45) is 13.9. The molecule has 0 aliphatic carbocycles. The van der Waals surface area contributed by atoms with Crippen LogP contribution in [0, 0.1) is 0 Å². The lowest BCUT2D eigenvalue weighted by Gasteiger charge is -2.27. The van der Waals surface area contributed by atoms with Crippen LogP contribution in [0.25, 0.3) is 0 Å². The smallest absolute Gasteiger partial charge is 0.305 e. The highest BCUT2D eigenvalue weighted by molar-refractivity contribution is 6.02. The van der Waals surface area contributed by atoms with Gasteiger partial charge in [-0.15, -0.1) is 0 Å². The Morgan fingerprint density at radius 1 is 1.10 bits per heavy atom. The van der Waals surface area contributed by atoms with Gasteiger partial charge >= 0.3 is 5.97 Å². The summed E-state index contributed by atoms with van der Waals surface area (Å²) in [7, 11) is 0. The number of guanidine groups is 1. The third-order valence-corrected chi connectivity index (χ3v) is 5.25. The second-order valence-electron chi connectivity index (χ2n) is 7.83. The average molecular weight is 424 g/mol. The number of nitrogens with one attached hydrogen (secondary N) is 1. The Morgan fingerprint density at radius 2 is 1.77 bits per heavy atom. The van der Waals surface area contributed by atoms with Gasteiger partial charge in [0.1, 0.15) is 13.3 Å². The quantitative estimate of drug-likeness (QED) is 0.290. The number of hydrogen-bond donors (Lipinski definition) is 2. The van der Waals surface area contributed by atoms with E-state index in [1.54, 1.807) is 4.90 Å². The van der Waals surface area contributed by atoms with Crippen LogP contribution in [-0.2, 0) is 19.1 Å². The van der Waals surface area contributed by atoms with Crippen molar-refractivity contribution in [2.24, 2.45) is 15.7 Å². The number of unbranched alkanes of at least 4 members (excludes halogenated alkanes) is 9. The van der Waals surface area contributed by atoms with E-state index < -0.39 is 12.2 Å². The van der Waals surface area contributed by atoms with Crippen molar-refractivity contribution in [3.8, 4) is 0 Å². The van der Waals surface area contributed by atoms with Gasteiger partial charge in [0.2, 0.25) is 0 Å². The second kappa shape index (κ2) is 14.0. The molecular weight excluding hydrogens is 386 g/mol. The van der Waals surface area contributed by atoms with Crippen LogP contribution < -0.4 is 11.1 Å². The van der Waals surface area contributed by atoms with E-state index >= 15 is 0 Å². The van der Waals surface area contributed by atoms with E-state index in [4.69, 9.17) is 15.2 Å². The van der Waals surface area contributed by atoms with Crippen molar-refractivity contribution in [3.05, 3.63) is 0 Å². The highest BCUT2D eigenvalue weighted by Gasteiger charge is 2.39. The van der Waals surface area contributed by atoms with Gasteiger partial charge in [-0.1, -0.05) is 64.7 Å². The third-order valence-electron chi connectivity index (χ3n) is 5.25. The zero-order valence-corrected chi connectivity index (χ0v) is 18.2. The van der Waals surface area contributed by atoms with Crippen molar-refractivity contribution in [2.45, 2.75) is 89.8 Å². The number of rotatable bonds is 16. The zero-order chi connectivity index (χ0) is 21.6. The number of ether oxygens (including phenoxy) is 2. The number of amides is 1. The van der Waals surface area contributed by atoms with Gasteiger partial charge in [0.05, 0.1) is 12.9 Å². The number of carbonyl (C=O) groups excluding carboxylic acids is 2. The van der Waals surface area contributed by atoms with Crippen LogP contribution in [0.5, 0.6) is 0 Å². The van der Waals surface area contributed by atoms with Crippen LogP contribution in [0.3, 0.4) is 0 Å². The molecule has 0 saturated heterocycles. The molecule has 30 heavy (non-hydrogen) atoms. The monoisotopic (exact) mass is 423 g/mol. The van der Waals surface area contributed by atoms with Crippen molar-refractivity contribution in [1.82, 2.24) is 10.2 Å². The Kier molecular flexibility index (Phi) is 11.2. The number of fused-ring (bicyclic) bond motifs is 1. The molecule has 2 unspecified atom stereocenters. The van der Waals surface area contributed by atoms with Crippen molar-refractivity contribution in [1.29, 1.82) is 0 Å².